The lowest BCUT2D eigenvalue weighted by molar-refractivity contribution is -0.118. The topological polar surface area (TPSA) is 36.4 Å². The highest BCUT2D eigenvalue weighted by molar-refractivity contribution is 7.22. The second kappa shape index (κ2) is 11.3. The molecule has 0 aliphatic carbocycles. The molecule has 0 saturated heterocycles. The summed E-state index contributed by atoms with van der Waals surface area (Å²) in [5.41, 5.74) is 5.43. The Morgan fingerprint density at radius 3 is 2.29 bits per heavy atom. The van der Waals surface area contributed by atoms with Crippen LogP contribution in [0, 0.1) is 20.8 Å². The monoisotopic (exact) mass is 479 g/mol. The Bertz CT molecular complexity index is 1020. The van der Waals surface area contributed by atoms with Crippen LogP contribution < -0.4 is 4.90 Å². The third-order valence-electron chi connectivity index (χ3n) is 5.59. The number of aryl methyl sites for hydroxylation is 3. The molecule has 0 atom stereocenters. The normalized spacial score (nSPS) is 11.1. The molecule has 0 saturated carbocycles. The summed E-state index contributed by atoms with van der Waals surface area (Å²) in [5, 5.41) is 1.34. The first-order valence-electron chi connectivity index (χ1n) is 10.5. The second-order valence-electron chi connectivity index (χ2n) is 7.71. The minimum atomic E-state index is 0. The van der Waals surface area contributed by atoms with Gasteiger partial charge >= 0.3 is 0 Å². The molecule has 1 amide bonds. The highest BCUT2D eigenvalue weighted by atomic mass is 35.5. The molecule has 0 fully saturated rings. The van der Waals surface area contributed by atoms with Crippen molar-refractivity contribution >= 4 is 56.6 Å². The molecule has 168 valence electrons. The Morgan fingerprint density at radius 1 is 1.06 bits per heavy atom. The zero-order chi connectivity index (χ0) is 21.8. The largest absolute Gasteiger partial charge is 0.302 e. The first-order valence-corrected chi connectivity index (χ1v) is 11.7. The summed E-state index contributed by atoms with van der Waals surface area (Å²) in [7, 11) is 0. The number of carbonyl (C=O) groups excluding carboxylic acids is 1. The van der Waals surface area contributed by atoms with Crippen molar-refractivity contribution in [3.63, 3.8) is 0 Å². The van der Waals surface area contributed by atoms with Gasteiger partial charge in [-0.25, -0.2) is 4.98 Å². The van der Waals surface area contributed by atoms with Gasteiger partial charge in [-0.1, -0.05) is 60.5 Å². The molecule has 4 nitrogen and oxygen atoms in total. The molecule has 0 aliphatic heterocycles. The van der Waals surface area contributed by atoms with E-state index >= 15 is 0 Å². The number of rotatable bonds is 8. The number of fused-ring (bicyclic) bond motifs is 1. The molecule has 0 unspecified atom stereocenters. The van der Waals surface area contributed by atoms with Crippen LogP contribution >= 0.6 is 35.3 Å². The highest BCUT2D eigenvalue weighted by Crippen LogP contribution is 2.33. The number of hydrogen-bond donors (Lipinski definition) is 0. The molecule has 3 rings (SSSR count). The zero-order valence-corrected chi connectivity index (χ0v) is 21.3. The van der Waals surface area contributed by atoms with Gasteiger partial charge in [0.1, 0.15) is 5.52 Å². The van der Waals surface area contributed by atoms with Crippen LogP contribution in [0.2, 0.25) is 5.02 Å². The van der Waals surface area contributed by atoms with Crippen molar-refractivity contribution in [2.75, 3.05) is 31.1 Å². The zero-order valence-electron chi connectivity index (χ0n) is 18.9. The van der Waals surface area contributed by atoms with Gasteiger partial charge in [0, 0.05) is 13.1 Å². The van der Waals surface area contributed by atoms with E-state index in [1.807, 2.05) is 23.1 Å². The van der Waals surface area contributed by atoms with Crippen LogP contribution in [0.25, 0.3) is 10.2 Å². The number of thiazole rings is 1. The molecule has 31 heavy (non-hydrogen) atoms. The Balaban J connectivity index is 0.00000341. The maximum Gasteiger partial charge on any atom is 0.233 e. The average Bonchev–Trinajstić information content (AvgIpc) is 3.13. The lowest BCUT2D eigenvalue weighted by Gasteiger charge is -2.25. The number of benzene rings is 2. The number of likely N-dealkylation sites (N-methyl/N-ethyl adjacent to an activating group) is 1. The van der Waals surface area contributed by atoms with Crippen molar-refractivity contribution in [1.82, 2.24) is 9.88 Å². The van der Waals surface area contributed by atoms with Crippen molar-refractivity contribution in [3.8, 4) is 0 Å². The summed E-state index contributed by atoms with van der Waals surface area (Å²) in [6, 6.07) is 10.1. The molecule has 0 N–H and O–H groups in total. The van der Waals surface area contributed by atoms with Crippen LogP contribution in [0.5, 0.6) is 0 Å². The highest BCUT2D eigenvalue weighted by Gasteiger charge is 2.22. The number of halogens is 2. The SMILES string of the molecule is CCN(CC)CCN(C(=O)Cc1c(C)cc(C)cc1C)c1nc2c(Cl)cccc2s1.Cl. The minimum Gasteiger partial charge on any atom is -0.302 e. The van der Waals surface area contributed by atoms with Gasteiger partial charge in [-0.2, -0.15) is 0 Å². The van der Waals surface area contributed by atoms with Crippen molar-refractivity contribution < 1.29 is 4.79 Å². The fraction of sp³-hybridized carbons (Fsp3) is 0.417. The van der Waals surface area contributed by atoms with Crippen molar-refractivity contribution in [3.05, 3.63) is 57.6 Å². The van der Waals surface area contributed by atoms with E-state index < -0.39 is 0 Å². The molecular formula is C24H31Cl2N3OS. The molecule has 3 aromatic rings. The third kappa shape index (κ3) is 5.98. The Labute approximate surface area is 200 Å². The second-order valence-corrected chi connectivity index (χ2v) is 9.13. The summed E-state index contributed by atoms with van der Waals surface area (Å²) < 4.78 is 1.00. The number of nitrogens with zero attached hydrogens (tertiary/aromatic N) is 3. The third-order valence-corrected chi connectivity index (χ3v) is 6.94. The van der Waals surface area contributed by atoms with Crippen molar-refractivity contribution in [1.29, 1.82) is 0 Å². The van der Waals surface area contributed by atoms with E-state index in [0.29, 0.717) is 18.0 Å². The van der Waals surface area contributed by atoms with Gasteiger partial charge < -0.3 is 4.90 Å². The standard InChI is InChI=1S/C24H30ClN3OS.ClH/c1-6-27(7-2)11-12-28(24-26-23-20(25)9-8-10-21(23)30-24)22(29)15-19-17(4)13-16(3)14-18(19)5;/h8-10,13-14H,6-7,11-12,15H2,1-5H3;1H. The Morgan fingerprint density at radius 2 is 1.71 bits per heavy atom. The summed E-state index contributed by atoms with van der Waals surface area (Å²) in [6.45, 7) is 13.9. The average molecular weight is 481 g/mol. The molecule has 0 aliphatic rings. The fourth-order valence-corrected chi connectivity index (χ4v) is 5.17. The molecule has 0 spiro atoms. The first-order chi connectivity index (χ1) is 14.3. The molecule has 0 bridgehead atoms. The molecule has 1 heterocycles. The fourth-order valence-electron chi connectivity index (χ4n) is 3.86. The van der Waals surface area contributed by atoms with Gasteiger partial charge in [-0.15, -0.1) is 12.4 Å². The first kappa shape index (κ1) is 25.6. The van der Waals surface area contributed by atoms with Gasteiger partial charge in [0.15, 0.2) is 5.13 Å². The van der Waals surface area contributed by atoms with Crippen molar-refractivity contribution in [2.45, 2.75) is 41.0 Å². The molecule has 2 aromatic carbocycles. The molecule has 7 heteroatoms. The number of anilines is 1. The number of aromatic nitrogens is 1. The van der Waals surface area contributed by atoms with Crippen LogP contribution in [-0.2, 0) is 11.2 Å². The van der Waals surface area contributed by atoms with E-state index in [4.69, 9.17) is 16.6 Å². The van der Waals surface area contributed by atoms with E-state index in [0.717, 1.165) is 51.7 Å². The van der Waals surface area contributed by atoms with Gasteiger partial charge in [-0.3, -0.25) is 9.69 Å². The lowest BCUT2D eigenvalue weighted by Crippen LogP contribution is -2.39. The van der Waals surface area contributed by atoms with Crippen LogP contribution in [-0.4, -0.2) is 42.0 Å². The quantitative estimate of drug-likeness (QED) is 0.384. The summed E-state index contributed by atoms with van der Waals surface area (Å²) in [5.74, 6) is 0.0763. The van der Waals surface area contributed by atoms with Gasteiger partial charge in [-0.05, 0) is 62.7 Å². The van der Waals surface area contributed by atoms with E-state index in [9.17, 15) is 4.79 Å². The summed E-state index contributed by atoms with van der Waals surface area (Å²) in [4.78, 5) is 22.4. The van der Waals surface area contributed by atoms with E-state index in [-0.39, 0.29) is 18.3 Å². The maximum atomic E-state index is 13.5. The number of amides is 1. The van der Waals surface area contributed by atoms with E-state index in [1.165, 1.54) is 16.9 Å². The minimum absolute atomic E-state index is 0. The molecule has 0 radical (unpaired) electrons. The molecular weight excluding hydrogens is 449 g/mol. The van der Waals surface area contributed by atoms with Crippen LogP contribution in [0.4, 0.5) is 5.13 Å². The van der Waals surface area contributed by atoms with Crippen LogP contribution in [0.1, 0.15) is 36.1 Å². The lowest BCUT2D eigenvalue weighted by atomic mass is 9.97. The van der Waals surface area contributed by atoms with Crippen LogP contribution in [0.15, 0.2) is 30.3 Å². The predicted octanol–water partition coefficient (Wildman–Crippen LogP) is 6.21. The van der Waals surface area contributed by atoms with Gasteiger partial charge in [0.25, 0.3) is 0 Å². The Hall–Kier alpha value is -1.66. The van der Waals surface area contributed by atoms with Gasteiger partial charge in [0.2, 0.25) is 5.91 Å². The maximum absolute atomic E-state index is 13.5. The number of para-hydroxylation sites is 1. The predicted molar refractivity (Wildman–Crippen MR) is 136 cm³/mol. The number of hydrogen-bond acceptors (Lipinski definition) is 4. The number of carbonyl (C=O) groups is 1. The summed E-state index contributed by atoms with van der Waals surface area (Å²) >= 11 is 7.87. The molecule has 1 aromatic heterocycles. The van der Waals surface area contributed by atoms with E-state index in [2.05, 4.69) is 51.7 Å². The summed E-state index contributed by atoms with van der Waals surface area (Å²) in [6.07, 6.45) is 0.375. The van der Waals surface area contributed by atoms with Crippen LogP contribution in [0.3, 0.4) is 0 Å². The van der Waals surface area contributed by atoms with Gasteiger partial charge in [0.05, 0.1) is 16.1 Å². The smallest absolute Gasteiger partial charge is 0.233 e. The Kier molecular flexibility index (Phi) is 9.31. The van der Waals surface area contributed by atoms with E-state index in [1.54, 1.807) is 0 Å². The van der Waals surface area contributed by atoms with Crippen molar-refractivity contribution in [2.24, 2.45) is 0 Å².